The monoisotopic (exact) mass is 481 g/mol. The number of anilines is 1. The first-order chi connectivity index (χ1) is 17.2. The maximum Gasteiger partial charge on any atom is 0.260 e. The van der Waals surface area contributed by atoms with E-state index in [1.165, 1.54) is 11.3 Å². The Morgan fingerprint density at radius 3 is 2.57 bits per heavy atom. The van der Waals surface area contributed by atoms with Crippen molar-refractivity contribution in [1.29, 1.82) is 0 Å². The highest BCUT2D eigenvalue weighted by Gasteiger charge is 2.22. The Balaban J connectivity index is 1.49. The van der Waals surface area contributed by atoms with Crippen LogP contribution in [-0.2, 0) is 6.54 Å². The number of carbonyl (C=O) groups is 1. The van der Waals surface area contributed by atoms with Gasteiger partial charge in [-0.1, -0.05) is 41.7 Å². The van der Waals surface area contributed by atoms with Gasteiger partial charge in [-0.05, 0) is 67.1 Å². The van der Waals surface area contributed by atoms with Gasteiger partial charge in [0.05, 0.1) is 23.4 Å². The molecule has 0 aliphatic heterocycles. The number of thiazole rings is 1. The van der Waals surface area contributed by atoms with E-state index in [0.29, 0.717) is 35.3 Å². The molecule has 2 aromatic heterocycles. The summed E-state index contributed by atoms with van der Waals surface area (Å²) >= 11 is 1.46. The first-order valence-electron chi connectivity index (χ1n) is 11.3. The Kier molecular flexibility index (Phi) is 6.68. The zero-order chi connectivity index (χ0) is 24.0. The molecule has 0 radical (unpaired) electrons. The molecule has 6 nitrogen and oxygen atoms in total. The van der Waals surface area contributed by atoms with Crippen molar-refractivity contribution in [3.05, 3.63) is 108 Å². The molecule has 2 heterocycles. The van der Waals surface area contributed by atoms with Crippen molar-refractivity contribution >= 4 is 32.6 Å². The van der Waals surface area contributed by atoms with Crippen molar-refractivity contribution in [3.8, 4) is 17.2 Å². The van der Waals surface area contributed by atoms with Crippen LogP contribution in [0.1, 0.15) is 22.8 Å². The summed E-state index contributed by atoms with van der Waals surface area (Å²) in [5, 5.41) is 0.608. The van der Waals surface area contributed by atoms with Crippen molar-refractivity contribution in [2.75, 3.05) is 11.5 Å². The average Bonchev–Trinajstić information content (AvgIpc) is 3.32. The normalized spacial score (nSPS) is 10.8. The van der Waals surface area contributed by atoms with Gasteiger partial charge in [0.1, 0.15) is 17.2 Å². The van der Waals surface area contributed by atoms with Crippen LogP contribution in [0.3, 0.4) is 0 Å². The molecular weight excluding hydrogens is 458 g/mol. The van der Waals surface area contributed by atoms with Crippen LogP contribution in [0.2, 0.25) is 0 Å². The molecule has 0 saturated carbocycles. The van der Waals surface area contributed by atoms with Gasteiger partial charge in [0.25, 0.3) is 5.91 Å². The topological polar surface area (TPSA) is 64.5 Å². The first-order valence-corrected chi connectivity index (χ1v) is 12.1. The summed E-state index contributed by atoms with van der Waals surface area (Å²) in [7, 11) is 0. The van der Waals surface area contributed by atoms with E-state index in [2.05, 4.69) is 4.98 Å². The highest BCUT2D eigenvalue weighted by atomic mass is 32.1. The lowest BCUT2D eigenvalue weighted by atomic mass is 10.1. The number of para-hydroxylation sites is 1. The highest BCUT2D eigenvalue weighted by Crippen LogP contribution is 2.33. The van der Waals surface area contributed by atoms with Gasteiger partial charge in [-0.3, -0.25) is 14.7 Å². The van der Waals surface area contributed by atoms with E-state index in [-0.39, 0.29) is 5.91 Å². The molecule has 0 aliphatic carbocycles. The van der Waals surface area contributed by atoms with E-state index >= 15 is 0 Å². The molecule has 35 heavy (non-hydrogen) atoms. The van der Waals surface area contributed by atoms with Gasteiger partial charge in [-0.2, -0.15) is 0 Å². The van der Waals surface area contributed by atoms with Gasteiger partial charge in [-0.15, -0.1) is 0 Å². The minimum absolute atomic E-state index is 0.170. The Morgan fingerprint density at radius 2 is 1.77 bits per heavy atom. The minimum Gasteiger partial charge on any atom is -0.494 e. The largest absolute Gasteiger partial charge is 0.494 e. The van der Waals surface area contributed by atoms with E-state index in [0.717, 1.165) is 21.5 Å². The molecule has 7 heteroatoms. The molecule has 3 aromatic carbocycles. The molecule has 0 bridgehead atoms. The second-order valence-corrected chi connectivity index (χ2v) is 8.76. The summed E-state index contributed by atoms with van der Waals surface area (Å²) in [6.07, 6.45) is 3.47. The third kappa shape index (κ3) is 5.31. The molecule has 0 spiro atoms. The number of amides is 1. The summed E-state index contributed by atoms with van der Waals surface area (Å²) in [4.78, 5) is 24.4. The predicted molar refractivity (Wildman–Crippen MR) is 138 cm³/mol. The number of benzene rings is 3. The fraction of sp³-hybridized carbons (Fsp3) is 0.107. The van der Waals surface area contributed by atoms with E-state index in [1.807, 2.05) is 79.7 Å². The number of fused-ring (bicyclic) bond motifs is 1. The van der Waals surface area contributed by atoms with Crippen molar-refractivity contribution in [2.24, 2.45) is 0 Å². The van der Waals surface area contributed by atoms with Gasteiger partial charge in [-0.25, -0.2) is 4.98 Å². The molecule has 5 rings (SSSR count). The molecule has 0 fully saturated rings. The summed E-state index contributed by atoms with van der Waals surface area (Å²) < 4.78 is 12.5. The third-order valence-corrected chi connectivity index (χ3v) is 6.30. The van der Waals surface area contributed by atoms with E-state index < -0.39 is 0 Å². The second kappa shape index (κ2) is 10.4. The zero-order valence-electron chi connectivity index (χ0n) is 19.1. The van der Waals surface area contributed by atoms with E-state index in [9.17, 15) is 4.79 Å². The molecular formula is C28H23N3O3S. The lowest BCUT2D eigenvalue weighted by molar-refractivity contribution is 0.0985. The van der Waals surface area contributed by atoms with Crippen molar-refractivity contribution in [2.45, 2.75) is 13.5 Å². The second-order valence-electron chi connectivity index (χ2n) is 7.75. The lowest BCUT2D eigenvalue weighted by Gasteiger charge is -2.20. The van der Waals surface area contributed by atoms with Crippen LogP contribution in [0.4, 0.5) is 5.13 Å². The van der Waals surface area contributed by atoms with Gasteiger partial charge >= 0.3 is 0 Å². The van der Waals surface area contributed by atoms with Crippen LogP contribution >= 0.6 is 11.3 Å². The zero-order valence-corrected chi connectivity index (χ0v) is 19.9. The molecule has 1 amide bonds. The van der Waals surface area contributed by atoms with Crippen LogP contribution < -0.4 is 14.4 Å². The van der Waals surface area contributed by atoms with Gasteiger partial charge in [0.15, 0.2) is 5.13 Å². The molecule has 174 valence electrons. The third-order valence-electron chi connectivity index (χ3n) is 5.26. The number of pyridine rings is 1. The summed E-state index contributed by atoms with van der Waals surface area (Å²) in [6, 6.07) is 26.3. The number of ether oxygens (including phenoxy) is 2. The molecule has 0 aliphatic rings. The van der Waals surface area contributed by atoms with Gasteiger partial charge < -0.3 is 9.47 Å². The number of nitrogens with zero attached hydrogens (tertiary/aromatic N) is 3. The number of carbonyl (C=O) groups excluding carboxylic acids is 1. The Labute approximate surface area is 207 Å². The van der Waals surface area contributed by atoms with Crippen LogP contribution in [0, 0.1) is 0 Å². The first kappa shape index (κ1) is 22.6. The predicted octanol–water partition coefficient (Wildman–Crippen LogP) is 6.73. The van der Waals surface area contributed by atoms with E-state index in [1.54, 1.807) is 29.4 Å². The van der Waals surface area contributed by atoms with Crippen LogP contribution in [0.25, 0.3) is 10.2 Å². The van der Waals surface area contributed by atoms with Crippen molar-refractivity contribution in [1.82, 2.24) is 9.97 Å². The maximum absolute atomic E-state index is 13.8. The summed E-state index contributed by atoms with van der Waals surface area (Å²) in [5.41, 5.74) is 2.24. The van der Waals surface area contributed by atoms with E-state index in [4.69, 9.17) is 14.5 Å². The molecule has 0 unspecified atom stereocenters. The minimum atomic E-state index is -0.170. The number of hydrogen-bond donors (Lipinski definition) is 0. The Bertz CT molecular complexity index is 1440. The number of rotatable bonds is 8. The SMILES string of the molecule is CCOc1ccc2nc(N(Cc3cccnc3)C(=O)c3cccc(Oc4ccccc4)c3)sc2c1. The maximum atomic E-state index is 13.8. The Morgan fingerprint density at radius 1 is 0.914 bits per heavy atom. The molecule has 0 saturated heterocycles. The smallest absolute Gasteiger partial charge is 0.260 e. The number of aromatic nitrogens is 2. The average molecular weight is 482 g/mol. The van der Waals surface area contributed by atoms with Crippen molar-refractivity contribution < 1.29 is 14.3 Å². The van der Waals surface area contributed by atoms with Crippen LogP contribution in [0.15, 0.2) is 97.3 Å². The molecule has 0 N–H and O–H groups in total. The van der Waals surface area contributed by atoms with Crippen molar-refractivity contribution in [3.63, 3.8) is 0 Å². The van der Waals surface area contributed by atoms with Crippen LogP contribution in [-0.4, -0.2) is 22.5 Å². The molecule has 0 atom stereocenters. The summed E-state index contributed by atoms with van der Waals surface area (Å²) in [6.45, 7) is 2.88. The molecule has 5 aromatic rings. The van der Waals surface area contributed by atoms with Gasteiger partial charge in [0.2, 0.25) is 0 Å². The summed E-state index contributed by atoms with van der Waals surface area (Å²) in [5.74, 6) is 1.91. The Hall–Kier alpha value is -4.23. The quantitative estimate of drug-likeness (QED) is 0.246. The van der Waals surface area contributed by atoms with Gasteiger partial charge in [0, 0.05) is 18.0 Å². The fourth-order valence-corrected chi connectivity index (χ4v) is 4.63. The van der Waals surface area contributed by atoms with Crippen LogP contribution in [0.5, 0.6) is 17.2 Å². The standard InChI is InChI=1S/C28H23N3O3S/c1-2-33-23-13-14-25-26(17-23)35-28(30-25)31(19-20-8-7-15-29-18-20)27(32)21-9-6-12-24(16-21)34-22-10-4-3-5-11-22/h3-18H,2,19H2,1H3. The number of hydrogen-bond acceptors (Lipinski definition) is 6. The highest BCUT2D eigenvalue weighted by molar-refractivity contribution is 7.22. The fourth-order valence-electron chi connectivity index (χ4n) is 3.64. The lowest BCUT2D eigenvalue weighted by Crippen LogP contribution is -2.30.